The zero-order chi connectivity index (χ0) is 14.4. The van der Waals surface area contributed by atoms with E-state index in [2.05, 4.69) is 5.10 Å². The van der Waals surface area contributed by atoms with Gasteiger partial charge in [-0.05, 0) is 31.9 Å². The molecular weight excluding hydrogens is 256 g/mol. The summed E-state index contributed by atoms with van der Waals surface area (Å²) in [6, 6.07) is 1.90. The first-order valence-electron chi connectivity index (χ1n) is 7.27. The zero-order valence-corrected chi connectivity index (χ0v) is 12.1. The van der Waals surface area contributed by atoms with Crippen molar-refractivity contribution >= 4 is 5.91 Å². The Balaban J connectivity index is 1.66. The van der Waals surface area contributed by atoms with Crippen LogP contribution in [0.4, 0.5) is 0 Å². The van der Waals surface area contributed by atoms with Gasteiger partial charge >= 0.3 is 0 Å². The Bertz CT molecular complexity index is 407. The topological polar surface area (TPSA) is 61.6 Å². The van der Waals surface area contributed by atoms with Gasteiger partial charge in [0.15, 0.2) is 0 Å². The highest BCUT2D eigenvalue weighted by Gasteiger charge is 2.20. The van der Waals surface area contributed by atoms with Crippen LogP contribution in [0.5, 0.6) is 0 Å². The minimum Gasteiger partial charge on any atom is -0.392 e. The third-order valence-corrected chi connectivity index (χ3v) is 3.71. The Morgan fingerprint density at radius 1 is 1.55 bits per heavy atom. The largest absolute Gasteiger partial charge is 0.392 e. The first-order chi connectivity index (χ1) is 9.65. The third-order valence-electron chi connectivity index (χ3n) is 3.71. The van der Waals surface area contributed by atoms with E-state index in [9.17, 15) is 9.90 Å². The Kier molecular flexibility index (Phi) is 5.55. The molecule has 6 heteroatoms. The molecule has 1 fully saturated rings. The van der Waals surface area contributed by atoms with Gasteiger partial charge in [0, 0.05) is 39.1 Å². The molecule has 2 heterocycles. The molecule has 20 heavy (non-hydrogen) atoms. The number of carbonyl (C=O) groups is 1. The number of rotatable bonds is 6. The van der Waals surface area contributed by atoms with E-state index in [0.29, 0.717) is 13.1 Å². The molecule has 0 spiro atoms. The summed E-state index contributed by atoms with van der Waals surface area (Å²) >= 11 is 0. The van der Waals surface area contributed by atoms with Gasteiger partial charge < -0.3 is 10.0 Å². The van der Waals surface area contributed by atoms with Gasteiger partial charge in [0.1, 0.15) is 0 Å². The lowest BCUT2D eigenvalue weighted by molar-refractivity contribution is -0.131. The van der Waals surface area contributed by atoms with Gasteiger partial charge in [0.25, 0.3) is 0 Å². The Labute approximate surface area is 120 Å². The van der Waals surface area contributed by atoms with Crippen LogP contribution in [0, 0.1) is 0 Å². The van der Waals surface area contributed by atoms with Crippen LogP contribution in [0.3, 0.4) is 0 Å². The molecule has 1 atom stereocenters. The van der Waals surface area contributed by atoms with Crippen LogP contribution in [-0.2, 0) is 11.3 Å². The van der Waals surface area contributed by atoms with E-state index >= 15 is 0 Å². The van der Waals surface area contributed by atoms with Crippen LogP contribution in [0.2, 0.25) is 0 Å². The SMILES string of the molecule is CN(CCCn1cccn1)C(=O)CN1CCC[C@@H](O)C1. The molecule has 0 aliphatic carbocycles. The van der Waals surface area contributed by atoms with E-state index in [0.717, 1.165) is 38.9 Å². The second-order valence-electron chi connectivity index (χ2n) is 5.47. The maximum Gasteiger partial charge on any atom is 0.236 e. The third kappa shape index (κ3) is 4.61. The molecule has 1 aliphatic rings. The molecule has 1 aromatic heterocycles. The van der Waals surface area contributed by atoms with Crippen molar-refractivity contribution in [2.75, 3.05) is 33.2 Å². The van der Waals surface area contributed by atoms with Crippen LogP contribution in [0.1, 0.15) is 19.3 Å². The summed E-state index contributed by atoms with van der Waals surface area (Å²) in [7, 11) is 1.84. The van der Waals surface area contributed by atoms with Crippen molar-refractivity contribution in [1.82, 2.24) is 19.6 Å². The van der Waals surface area contributed by atoms with Crippen LogP contribution in [0.25, 0.3) is 0 Å². The minimum atomic E-state index is -0.276. The van der Waals surface area contributed by atoms with Crippen LogP contribution in [0.15, 0.2) is 18.5 Å². The lowest BCUT2D eigenvalue weighted by atomic mass is 10.1. The second kappa shape index (κ2) is 7.40. The van der Waals surface area contributed by atoms with Gasteiger partial charge in [0.2, 0.25) is 5.91 Å². The molecule has 2 rings (SSSR count). The quantitative estimate of drug-likeness (QED) is 0.808. The summed E-state index contributed by atoms with van der Waals surface area (Å²) in [5.74, 6) is 0.125. The van der Waals surface area contributed by atoms with Crippen molar-refractivity contribution in [3.8, 4) is 0 Å². The fourth-order valence-electron chi connectivity index (χ4n) is 2.51. The van der Waals surface area contributed by atoms with E-state index in [1.54, 1.807) is 11.1 Å². The Morgan fingerprint density at radius 2 is 2.40 bits per heavy atom. The maximum absolute atomic E-state index is 12.1. The number of carbonyl (C=O) groups excluding carboxylic acids is 1. The molecule has 1 saturated heterocycles. The van der Waals surface area contributed by atoms with Crippen molar-refractivity contribution in [1.29, 1.82) is 0 Å². The van der Waals surface area contributed by atoms with E-state index in [1.165, 1.54) is 0 Å². The summed E-state index contributed by atoms with van der Waals surface area (Å²) in [5.41, 5.74) is 0. The number of nitrogens with zero attached hydrogens (tertiary/aromatic N) is 4. The summed E-state index contributed by atoms with van der Waals surface area (Å²) < 4.78 is 1.87. The average molecular weight is 280 g/mol. The number of likely N-dealkylation sites (tertiary alicyclic amines) is 1. The maximum atomic E-state index is 12.1. The molecule has 0 unspecified atom stereocenters. The van der Waals surface area contributed by atoms with Gasteiger partial charge in [0.05, 0.1) is 12.6 Å². The van der Waals surface area contributed by atoms with Crippen LogP contribution < -0.4 is 0 Å². The summed E-state index contributed by atoms with van der Waals surface area (Å²) in [6.45, 7) is 3.49. The molecule has 1 aliphatic heterocycles. The second-order valence-corrected chi connectivity index (χ2v) is 5.47. The van der Waals surface area contributed by atoms with Gasteiger partial charge in [-0.15, -0.1) is 0 Å². The zero-order valence-electron chi connectivity index (χ0n) is 12.1. The highest BCUT2D eigenvalue weighted by Crippen LogP contribution is 2.09. The van der Waals surface area contributed by atoms with Crippen molar-refractivity contribution in [2.24, 2.45) is 0 Å². The summed E-state index contributed by atoms with van der Waals surface area (Å²) in [6.07, 6.45) is 6.13. The highest BCUT2D eigenvalue weighted by molar-refractivity contribution is 5.77. The average Bonchev–Trinajstić information content (AvgIpc) is 2.91. The Hall–Kier alpha value is -1.40. The number of likely N-dealkylation sites (N-methyl/N-ethyl adjacent to an activating group) is 1. The summed E-state index contributed by atoms with van der Waals surface area (Å²) in [5, 5.41) is 13.7. The number of aliphatic hydroxyl groups is 1. The van der Waals surface area contributed by atoms with E-state index in [-0.39, 0.29) is 12.0 Å². The lowest BCUT2D eigenvalue weighted by Crippen LogP contribution is -2.44. The van der Waals surface area contributed by atoms with Crippen molar-refractivity contribution in [3.63, 3.8) is 0 Å². The predicted molar refractivity (Wildman–Crippen MR) is 76.2 cm³/mol. The van der Waals surface area contributed by atoms with Crippen LogP contribution >= 0.6 is 0 Å². The van der Waals surface area contributed by atoms with Crippen LogP contribution in [-0.4, -0.2) is 69.9 Å². The first-order valence-corrected chi connectivity index (χ1v) is 7.27. The molecule has 1 amide bonds. The molecular formula is C14H24N4O2. The Morgan fingerprint density at radius 3 is 3.10 bits per heavy atom. The number of hydrogen-bond acceptors (Lipinski definition) is 4. The fourth-order valence-corrected chi connectivity index (χ4v) is 2.51. The summed E-state index contributed by atoms with van der Waals surface area (Å²) in [4.78, 5) is 15.9. The standard InChI is InChI=1S/C14H24N4O2/c1-16(7-4-10-18-9-3-6-15-18)14(20)12-17-8-2-5-13(19)11-17/h3,6,9,13,19H,2,4-5,7-8,10-12H2,1H3/t13-/m1/s1. The molecule has 0 radical (unpaired) electrons. The fraction of sp³-hybridized carbons (Fsp3) is 0.714. The van der Waals surface area contributed by atoms with Gasteiger partial charge in [-0.25, -0.2) is 0 Å². The smallest absolute Gasteiger partial charge is 0.236 e. The molecule has 0 saturated carbocycles. The van der Waals surface area contributed by atoms with Crippen molar-refractivity contribution in [3.05, 3.63) is 18.5 Å². The lowest BCUT2D eigenvalue weighted by Gasteiger charge is -2.30. The molecule has 1 aromatic rings. The van der Waals surface area contributed by atoms with E-state index in [1.807, 2.05) is 28.9 Å². The van der Waals surface area contributed by atoms with E-state index < -0.39 is 0 Å². The monoisotopic (exact) mass is 280 g/mol. The molecule has 1 N–H and O–H groups in total. The van der Waals surface area contributed by atoms with Gasteiger partial charge in [-0.2, -0.15) is 5.10 Å². The highest BCUT2D eigenvalue weighted by atomic mass is 16.3. The number of aromatic nitrogens is 2. The normalized spacial score (nSPS) is 20.0. The predicted octanol–water partition coefficient (Wildman–Crippen LogP) is 0.188. The molecule has 0 bridgehead atoms. The number of amides is 1. The number of β-amino-alcohol motifs (C(OH)–C–C–N with tert-alkyl or cyclic N) is 1. The minimum absolute atomic E-state index is 0.125. The molecule has 112 valence electrons. The molecule has 6 nitrogen and oxygen atoms in total. The number of aliphatic hydroxyl groups excluding tert-OH is 1. The molecule has 0 aromatic carbocycles. The first kappa shape index (κ1) is 15.0. The number of piperidine rings is 1. The number of aryl methyl sites for hydroxylation is 1. The number of hydrogen-bond donors (Lipinski definition) is 1. The van der Waals surface area contributed by atoms with Crippen molar-refractivity contribution in [2.45, 2.75) is 31.9 Å². The van der Waals surface area contributed by atoms with Gasteiger partial charge in [-0.3, -0.25) is 14.4 Å². The van der Waals surface area contributed by atoms with E-state index in [4.69, 9.17) is 0 Å². The van der Waals surface area contributed by atoms with Gasteiger partial charge in [-0.1, -0.05) is 0 Å². The van der Waals surface area contributed by atoms with Crippen molar-refractivity contribution < 1.29 is 9.90 Å².